The lowest BCUT2D eigenvalue weighted by Crippen LogP contribution is -3.00. The zero-order valence-electron chi connectivity index (χ0n) is 11.8. The van der Waals surface area contributed by atoms with Crippen LogP contribution in [0.2, 0.25) is 0 Å². The number of nitrogens with zero attached hydrogens (tertiary/aromatic N) is 3. The number of benzene rings is 1. The molecule has 0 saturated carbocycles. The fourth-order valence-corrected chi connectivity index (χ4v) is 2.38. The highest BCUT2D eigenvalue weighted by Gasteiger charge is 2.16. The fourth-order valence-electron chi connectivity index (χ4n) is 2.38. The van der Waals surface area contributed by atoms with E-state index in [1.165, 1.54) is 16.6 Å². The lowest BCUT2D eigenvalue weighted by molar-refractivity contribution is -0.671. The third-order valence-electron chi connectivity index (χ3n) is 3.31. The summed E-state index contributed by atoms with van der Waals surface area (Å²) in [6.45, 7) is 5.28. The zero-order chi connectivity index (χ0) is 13.2. The molecule has 4 heteroatoms. The first-order chi connectivity index (χ1) is 9.29. The molecule has 1 aromatic carbocycles. The van der Waals surface area contributed by atoms with Crippen molar-refractivity contribution in [3.8, 4) is 5.82 Å². The molecule has 0 atom stereocenters. The van der Waals surface area contributed by atoms with Gasteiger partial charge in [-0.3, -0.25) is 0 Å². The molecule has 0 saturated heterocycles. The minimum absolute atomic E-state index is 0. The quantitative estimate of drug-likeness (QED) is 0.465. The minimum atomic E-state index is 0. The van der Waals surface area contributed by atoms with Gasteiger partial charge in [0.2, 0.25) is 5.82 Å². The predicted molar refractivity (Wildman–Crippen MR) is 76.3 cm³/mol. The molecule has 0 aliphatic rings. The topological polar surface area (TPSA) is 21.7 Å². The lowest BCUT2D eigenvalue weighted by atomic mass is 10.3. The van der Waals surface area contributed by atoms with Gasteiger partial charge in [-0.1, -0.05) is 25.1 Å². The zero-order valence-corrected chi connectivity index (χ0v) is 13.9. The van der Waals surface area contributed by atoms with Crippen LogP contribution in [0.5, 0.6) is 0 Å². The van der Waals surface area contributed by atoms with Crippen LogP contribution in [0.1, 0.15) is 18.9 Å². The van der Waals surface area contributed by atoms with Gasteiger partial charge in [0.05, 0.1) is 6.54 Å². The number of para-hydroxylation sites is 2. The molecule has 2 aromatic heterocycles. The van der Waals surface area contributed by atoms with E-state index in [2.05, 4.69) is 70.7 Å². The molecule has 3 rings (SSSR count). The van der Waals surface area contributed by atoms with Crippen LogP contribution in [0.3, 0.4) is 0 Å². The van der Waals surface area contributed by atoms with Crippen molar-refractivity contribution in [2.45, 2.75) is 26.8 Å². The van der Waals surface area contributed by atoms with Crippen molar-refractivity contribution < 1.29 is 28.5 Å². The van der Waals surface area contributed by atoms with E-state index in [0.29, 0.717) is 0 Å². The number of fused-ring (bicyclic) bond motifs is 1. The number of halogens is 1. The van der Waals surface area contributed by atoms with E-state index < -0.39 is 0 Å². The van der Waals surface area contributed by atoms with Gasteiger partial charge in [-0.25, -0.2) is 9.55 Å². The van der Waals surface area contributed by atoms with Crippen molar-refractivity contribution >= 4 is 11.0 Å². The van der Waals surface area contributed by atoms with E-state index >= 15 is 0 Å². The normalized spacial score (nSPS) is 10.5. The van der Waals surface area contributed by atoms with Gasteiger partial charge in [0.1, 0.15) is 0 Å². The molecule has 2 heterocycles. The molecule has 0 N–H and O–H groups in total. The van der Waals surface area contributed by atoms with Gasteiger partial charge < -0.3 is 24.0 Å². The largest absolute Gasteiger partial charge is 1.00 e. The molecule has 20 heavy (non-hydrogen) atoms. The summed E-state index contributed by atoms with van der Waals surface area (Å²) in [5, 5.41) is 0. The highest BCUT2D eigenvalue weighted by molar-refractivity contribution is 5.73. The van der Waals surface area contributed by atoms with Crippen LogP contribution < -0.4 is 28.5 Å². The summed E-state index contributed by atoms with van der Waals surface area (Å²) in [6, 6.07) is 12.6. The van der Waals surface area contributed by atoms with E-state index in [0.717, 1.165) is 18.8 Å². The Kier molecular flexibility index (Phi) is 4.75. The SMILES string of the molecule is CCC[n+]1cn(-c2ccc(C)cn2)c2ccccc21.[I-]. The second-order valence-corrected chi connectivity index (χ2v) is 4.86. The van der Waals surface area contributed by atoms with Gasteiger partial charge in [0.25, 0.3) is 6.33 Å². The van der Waals surface area contributed by atoms with E-state index in [9.17, 15) is 0 Å². The standard InChI is InChI=1S/C16H18N3.HI/c1-3-10-18-12-19(15-7-5-4-6-14(15)18)16-9-8-13(2)11-17-16;/h4-9,11-12H,3,10H2,1-2H3;1H/q+1;/p-1. The first kappa shape index (κ1) is 15.0. The van der Waals surface area contributed by atoms with Crippen LogP contribution in [0.4, 0.5) is 0 Å². The summed E-state index contributed by atoms with van der Waals surface area (Å²) in [7, 11) is 0. The third-order valence-corrected chi connectivity index (χ3v) is 3.31. The molecule has 0 aliphatic heterocycles. The van der Waals surface area contributed by atoms with Crippen molar-refractivity contribution in [2.75, 3.05) is 0 Å². The first-order valence-corrected chi connectivity index (χ1v) is 6.72. The molecule has 0 aliphatic carbocycles. The van der Waals surface area contributed by atoms with Gasteiger partial charge >= 0.3 is 0 Å². The third kappa shape index (κ3) is 2.70. The van der Waals surface area contributed by atoms with Crippen molar-refractivity contribution in [2.24, 2.45) is 0 Å². The minimum Gasteiger partial charge on any atom is -1.00 e. The lowest BCUT2D eigenvalue weighted by Gasteiger charge is -1.96. The Labute approximate surface area is 136 Å². The number of aryl methyl sites for hydroxylation is 2. The van der Waals surface area contributed by atoms with Crippen LogP contribution in [0.25, 0.3) is 16.9 Å². The molecule has 0 amide bonds. The molecule has 0 radical (unpaired) electrons. The summed E-state index contributed by atoms with van der Waals surface area (Å²) < 4.78 is 4.45. The maximum absolute atomic E-state index is 4.52. The average Bonchev–Trinajstić information content (AvgIpc) is 2.80. The summed E-state index contributed by atoms with van der Waals surface area (Å²) >= 11 is 0. The molecule has 3 nitrogen and oxygen atoms in total. The molecule has 0 unspecified atom stereocenters. The number of hydrogen-bond donors (Lipinski definition) is 0. The van der Waals surface area contributed by atoms with Crippen LogP contribution in [0.15, 0.2) is 48.9 Å². The Morgan fingerprint density at radius 2 is 1.95 bits per heavy atom. The van der Waals surface area contributed by atoms with E-state index in [1.54, 1.807) is 0 Å². The Morgan fingerprint density at radius 1 is 1.15 bits per heavy atom. The Bertz CT molecular complexity index is 701. The number of hydrogen-bond acceptors (Lipinski definition) is 1. The van der Waals surface area contributed by atoms with Gasteiger partial charge in [-0.2, -0.15) is 4.57 Å². The van der Waals surface area contributed by atoms with E-state index in [1.807, 2.05) is 6.20 Å². The molecular weight excluding hydrogens is 361 g/mol. The van der Waals surface area contributed by atoms with Crippen LogP contribution in [-0.4, -0.2) is 9.55 Å². The second-order valence-electron chi connectivity index (χ2n) is 4.86. The molecule has 0 bridgehead atoms. The Hall–Kier alpha value is -1.43. The molecule has 0 spiro atoms. The monoisotopic (exact) mass is 379 g/mol. The summed E-state index contributed by atoms with van der Waals surface area (Å²) in [5.74, 6) is 0.969. The van der Waals surface area contributed by atoms with E-state index in [-0.39, 0.29) is 24.0 Å². The van der Waals surface area contributed by atoms with Crippen molar-refractivity contribution in [3.63, 3.8) is 0 Å². The van der Waals surface area contributed by atoms with Crippen molar-refractivity contribution in [1.29, 1.82) is 0 Å². The molecule has 104 valence electrons. The summed E-state index contributed by atoms with van der Waals surface area (Å²) in [6.07, 6.45) is 5.18. The van der Waals surface area contributed by atoms with Crippen LogP contribution in [-0.2, 0) is 6.54 Å². The maximum atomic E-state index is 4.52. The highest BCUT2D eigenvalue weighted by atomic mass is 127. The highest BCUT2D eigenvalue weighted by Crippen LogP contribution is 2.15. The van der Waals surface area contributed by atoms with Gasteiger partial charge in [0, 0.05) is 12.3 Å². The molecule has 3 aromatic rings. The van der Waals surface area contributed by atoms with Crippen LogP contribution in [0, 0.1) is 6.92 Å². The van der Waals surface area contributed by atoms with Crippen molar-refractivity contribution in [3.05, 3.63) is 54.5 Å². The van der Waals surface area contributed by atoms with Gasteiger partial charge in [0.15, 0.2) is 11.0 Å². The average molecular weight is 379 g/mol. The number of imidazole rings is 1. The molecule has 0 fully saturated rings. The molecular formula is C16H18IN3. The number of rotatable bonds is 3. The maximum Gasteiger partial charge on any atom is 0.251 e. The first-order valence-electron chi connectivity index (χ1n) is 6.72. The Balaban J connectivity index is 0.00000147. The predicted octanol–water partition coefficient (Wildman–Crippen LogP) is 0.0354. The van der Waals surface area contributed by atoms with Crippen molar-refractivity contribution in [1.82, 2.24) is 9.55 Å². The fraction of sp³-hybridized carbons (Fsp3) is 0.250. The Morgan fingerprint density at radius 3 is 2.65 bits per heavy atom. The number of aromatic nitrogens is 3. The van der Waals surface area contributed by atoms with E-state index in [4.69, 9.17) is 0 Å². The summed E-state index contributed by atoms with van der Waals surface area (Å²) in [4.78, 5) is 4.52. The van der Waals surface area contributed by atoms with Crippen LogP contribution >= 0.6 is 0 Å². The number of pyridine rings is 1. The van der Waals surface area contributed by atoms with Gasteiger partial charge in [-0.05, 0) is 31.0 Å². The summed E-state index contributed by atoms with van der Waals surface area (Å²) in [5.41, 5.74) is 3.64. The van der Waals surface area contributed by atoms with Gasteiger partial charge in [-0.15, -0.1) is 0 Å². The second kappa shape index (κ2) is 6.35. The smallest absolute Gasteiger partial charge is 0.251 e.